The van der Waals surface area contributed by atoms with Crippen molar-refractivity contribution >= 4 is 0 Å². The molecule has 1 aliphatic heterocycles. The topological polar surface area (TPSA) is 36.3 Å². The van der Waals surface area contributed by atoms with Crippen molar-refractivity contribution in [3.63, 3.8) is 0 Å². The molecule has 0 saturated carbocycles. The van der Waals surface area contributed by atoms with E-state index in [1.807, 2.05) is 6.07 Å². The molecule has 1 aliphatic rings. The van der Waals surface area contributed by atoms with Crippen LogP contribution in [0.2, 0.25) is 0 Å². The van der Waals surface area contributed by atoms with E-state index in [0.29, 0.717) is 6.42 Å². The molecule has 2 aromatic rings. The van der Waals surface area contributed by atoms with E-state index in [1.54, 1.807) is 7.11 Å². The van der Waals surface area contributed by atoms with Crippen LogP contribution >= 0.6 is 0 Å². The number of ether oxygens (including phenoxy) is 1. The predicted molar refractivity (Wildman–Crippen MR) is 101 cm³/mol. The number of hydrogen-bond acceptors (Lipinski definition) is 3. The summed E-state index contributed by atoms with van der Waals surface area (Å²) >= 11 is 0. The van der Waals surface area contributed by atoms with Gasteiger partial charge in [0.05, 0.1) is 13.2 Å². The highest BCUT2D eigenvalue weighted by molar-refractivity contribution is 5.70. The molecule has 3 rings (SSSR count). The summed E-state index contributed by atoms with van der Waals surface area (Å²) in [6, 6.07) is 19.2. The molecule has 3 nitrogen and oxygen atoms in total. The van der Waals surface area contributed by atoms with Crippen molar-refractivity contribution in [3.05, 3.63) is 54.1 Å². The van der Waals surface area contributed by atoms with Gasteiger partial charge in [-0.15, -0.1) is 0 Å². The highest BCUT2D eigenvalue weighted by atomic mass is 16.5. The van der Waals surface area contributed by atoms with Gasteiger partial charge in [0.15, 0.2) is 0 Å². The zero-order valence-corrected chi connectivity index (χ0v) is 15.2. The maximum atomic E-state index is 8.98. The number of nitrogens with zero attached hydrogens (tertiary/aromatic N) is 2. The van der Waals surface area contributed by atoms with Crippen molar-refractivity contribution in [3.8, 4) is 22.9 Å². The molecule has 0 radical (unpaired) electrons. The van der Waals surface area contributed by atoms with Crippen LogP contribution in [0.1, 0.15) is 31.7 Å². The van der Waals surface area contributed by atoms with Gasteiger partial charge in [-0.3, -0.25) is 4.90 Å². The first-order valence-electron chi connectivity index (χ1n) is 8.95. The van der Waals surface area contributed by atoms with Crippen LogP contribution < -0.4 is 4.74 Å². The summed E-state index contributed by atoms with van der Waals surface area (Å²) in [7, 11) is 1.74. The van der Waals surface area contributed by atoms with Crippen LogP contribution in [0.15, 0.2) is 48.5 Å². The third kappa shape index (κ3) is 4.21. The second kappa shape index (κ2) is 7.72. The van der Waals surface area contributed by atoms with E-state index in [-0.39, 0.29) is 5.41 Å². The number of rotatable bonds is 5. The van der Waals surface area contributed by atoms with Gasteiger partial charge in [-0.1, -0.05) is 49.4 Å². The third-order valence-corrected chi connectivity index (χ3v) is 5.33. The number of hydrogen-bond donors (Lipinski definition) is 0. The third-order valence-electron chi connectivity index (χ3n) is 5.33. The van der Waals surface area contributed by atoms with Crippen molar-refractivity contribution in [1.82, 2.24) is 4.90 Å². The van der Waals surface area contributed by atoms with Gasteiger partial charge in [-0.2, -0.15) is 5.26 Å². The van der Waals surface area contributed by atoms with Crippen LogP contribution in [0.3, 0.4) is 0 Å². The van der Waals surface area contributed by atoms with Gasteiger partial charge >= 0.3 is 0 Å². The highest BCUT2D eigenvalue weighted by Gasteiger charge is 2.29. The summed E-state index contributed by atoms with van der Waals surface area (Å²) in [4.78, 5) is 2.48. The van der Waals surface area contributed by atoms with Gasteiger partial charge in [0.25, 0.3) is 0 Å². The minimum atomic E-state index is 0.195. The molecule has 130 valence electrons. The van der Waals surface area contributed by atoms with Crippen molar-refractivity contribution in [2.75, 3.05) is 20.2 Å². The van der Waals surface area contributed by atoms with Gasteiger partial charge in [-0.05, 0) is 48.5 Å². The van der Waals surface area contributed by atoms with Crippen molar-refractivity contribution < 1.29 is 4.74 Å². The fourth-order valence-corrected chi connectivity index (χ4v) is 3.57. The highest BCUT2D eigenvalue weighted by Crippen LogP contribution is 2.35. The lowest BCUT2D eigenvalue weighted by molar-refractivity contribution is 0.116. The molecule has 0 unspecified atom stereocenters. The van der Waals surface area contributed by atoms with Crippen LogP contribution in [0.25, 0.3) is 11.1 Å². The van der Waals surface area contributed by atoms with E-state index >= 15 is 0 Å². The Hall–Kier alpha value is -2.31. The lowest BCUT2D eigenvalue weighted by Crippen LogP contribution is -2.38. The Morgan fingerprint density at radius 2 is 1.84 bits per heavy atom. The number of nitriles is 1. The summed E-state index contributed by atoms with van der Waals surface area (Å²) in [5.41, 5.74) is 3.78. The van der Waals surface area contributed by atoms with Crippen LogP contribution in [0, 0.1) is 16.7 Å². The van der Waals surface area contributed by atoms with Crippen molar-refractivity contribution in [2.45, 2.75) is 32.7 Å². The second-order valence-corrected chi connectivity index (χ2v) is 7.32. The molecule has 1 heterocycles. The molecule has 0 aliphatic carbocycles. The van der Waals surface area contributed by atoms with Crippen molar-refractivity contribution in [2.24, 2.45) is 5.41 Å². The minimum absolute atomic E-state index is 0.195. The maximum Gasteiger partial charge on any atom is 0.127 e. The van der Waals surface area contributed by atoms with Gasteiger partial charge in [-0.25, -0.2) is 0 Å². The summed E-state index contributed by atoms with van der Waals surface area (Å²) in [6.45, 7) is 5.29. The predicted octanol–water partition coefficient (Wildman–Crippen LogP) is 4.88. The van der Waals surface area contributed by atoms with Crippen LogP contribution in [-0.2, 0) is 6.54 Å². The molecule has 25 heavy (non-hydrogen) atoms. The van der Waals surface area contributed by atoms with E-state index in [2.05, 4.69) is 60.4 Å². The number of benzene rings is 2. The van der Waals surface area contributed by atoms with E-state index in [4.69, 9.17) is 10.00 Å². The van der Waals surface area contributed by atoms with Crippen LogP contribution in [0.4, 0.5) is 0 Å². The Morgan fingerprint density at radius 1 is 1.12 bits per heavy atom. The molecule has 0 atom stereocenters. The zero-order chi connectivity index (χ0) is 17.7. The monoisotopic (exact) mass is 334 g/mol. The number of likely N-dealkylation sites (tertiary alicyclic amines) is 1. The Labute approximate surface area is 150 Å². The van der Waals surface area contributed by atoms with Gasteiger partial charge < -0.3 is 4.74 Å². The zero-order valence-electron chi connectivity index (χ0n) is 15.2. The molecule has 0 N–H and O–H groups in total. The fraction of sp³-hybridized carbons (Fsp3) is 0.409. The molecule has 1 saturated heterocycles. The molecule has 2 aromatic carbocycles. The Balaban J connectivity index is 1.69. The summed E-state index contributed by atoms with van der Waals surface area (Å²) in [5, 5.41) is 8.98. The normalized spacial score (nSPS) is 17.0. The first-order chi connectivity index (χ1) is 12.1. The molecular formula is C22H26N2O. The molecule has 0 bridgehead atoms. The maximum absolute atomic E-state index is 8.98. The van der Waals surface area contributed by atoms with Crippen LogP contribution in [-0.4, -0.2) is 25.1 Å². The first kappa shape index (κ1) is 17.5. The lowest BCUT2D eigenvalue weighted by atomic mass is 9.78. The fourth-order valence-electron chi connectivity index (χ4n) is 3.57. The quantitative estimate of drug-likeness (QED) is 0.782. The van der Waals surface area contributed by atoms with Gasteiger partial charge in [0.2, 0.25) is 0 Å². The van der Waals surface area contributed by atoms with E-state index in [1.165, 1.54) is 11.1 Å². The molecule has 1 fully saturated rings. The summed E-state index contributed by atoms with van der Waals surface area (Å²) in [5.74, 6) is 0.926. The average molecular weight is 334 g/mol. The van der Waals surface area contributed by atoms with Crippen molar-refractivity contribution in [1.29, 1.82) is 5.26 Å². The number of methoxy groups -OCH3 is 1. The smallest absolute Gasteiger partial charge is 0.127 e. The minimum Gasteiger partial charge on any atom is -0.496 e. The standard InChI is InChI=1S/C22H26N2O/c1-22(10-13-23)11-14-24(15-12-22)17-18-8-9-20(21(16-18)25-2)19-6-4-3-5-7-19/h3-9,16H,10-12,14-15,17H2,1-2H3. The lowest BCUT2D eigenvalue weighted by Gasteiger charge is -2.38. The Bertz CT molecular complexity index is 740. The molecule has 0 spiro atoms. The van der Waals surface area contributed by atoms with E-state index in [0.717, 1.165) is 43.8 Å². The Morgan fingerprint density at radius 3 is 2.48 bits per heavy atom. The molecular weight excluding hydrogens is 308 g/mol. The molecule has 3 heteroatoms. The van der Waals surface area contributed by atoms with Gasteiger partial charge in [0, 0.05) is 18.5 Å². The average Bonchev–Trinajstić information content (AvgIpc) is 2.64. The second-order valence-electron chi connectivity index (χ2n) is 7.32. The Kier molecular flexibility index (Phi) is 5.40. The summed E-state index contributed by atoms with van der Waals surface area (Å²) in [6.07, 6.45) is 2.86. The van der Waals surface area contributed by atoms with E-state index in [9.17, 15) is 0 Å². The SMILES string of the molecule is COc1cc(CN2CCC(C)(CC#N)CC2)ccc1-c1ccccc1. The first-order valence-corrected chi connectivity index (χ1v) is 8.95. The largest absolute Gasteiger partial charge is 0.496 e. The summed E-state index contributed by atoms with van der Waals surface area (Å²) < 4.78 is 5.64. The number of piperidine rings is 1. The van der Waals surface area contributed by atoms with Gasteiger partial charge in [0.1, 0.15) is 5.75 Å². The van der Waals surface area contributed by atoms with E-state index < -0.39 is 0 Å². The molecule has 0 aromatic heterocycles. The van der Waals surface area contributed by atoms with Crippen LogP contribution in [0.5, 0.6) is 5.75 Å². The molecule has 0 amide bonds.